The number of hydrogen-bond acceptors (Lipinski definition) is 2. The fourth-order valence-electron chi connectivity index (χ4n) is 2.44. The summed E-state index contributed by atoms with van der Waals surface area (Å²) < 4.78 is 0. The van der Waals surface area contributed by atoms with Gasteiger partial charge in [-0.05, 0) is 38.0 Å². The molecule has 1 unspecified atom stereocenters. The molecule has 0 saturated carbocycles. The smallest absolute Gasteiger partial charge is 0.0449 e. The van der Waals surface area contributed by atoms with Gasteiger partial charge >= 0.3 is 0 Å². The van der Waals surface area contributed by atoms with E-state index in [0.717, 1.165) is 13.1 Å². The van der Waals surface area contributed by atoms with Crippen molar-refractivity contribution in [1.82, 2.24) is 10.2 Å². The van der Waals surface area contributed by atoms with Crippen LogP contribution in [-0.2, 0) is 0 Å². The minimum atomic E-state index is 0.490. The molecule has 1 N–H and O–H groups in total. The third kappa shape index (κ3) is 3.06. The van der Waals surface area contributed by atoms with Gasteiger partial charge in [-0.3, -0.25) is 0 Å². The van der Waals surface area contributed by atoms with Gasteiger partial charge in [-0.2, -0.15) is 0 Å². The van der Waals surface area contributed by atoms with Crippen LogP contribution in [0.1, 0.15) is 31.4 Å². The van der Waals surface area contributed by atoms with Crippen molar-refractivity contribution in [3.05, 3.63) is 35.9 Å². The van der Waals surface area contributed by atoms with Crippen molar-refractivity contribution in [2.24, 2.45) is 0 Å². The summed E-state index contributed by atoms with van der Waals surface area (Å²) in [6.45, 7) is 6.91. The number of nitrogens with zero attached hydrogens (tertiary/aromatic N) is 1. The third-order valence-corrected chi connectivity index (χ3v) is 3.29. The van der Waals surface area contributed by atoms with Gasteiger partial charge in [0.25, 0.3) is 0 Å². The third-order valence-electron chi connectivity index (χ3n) is 3.29. The first-order valence-corrected chi connectivity index (χ1v) is 6.41. The molecule has 1 heterocycles. The number of hydrogen-bond donors (Lipinski definition) is 1. The lowest BCUT2D eigenvalue weighted by Crippen LogP contribution is -2.33. The molecule has 0 amide bonds. The van der Waals surface area contributed by atoms with Crippen LogP contribution < -0.4 is 5.32 Å². The van der Waals surface area contributed by atoms with Gasteiger partial charge in [0.2, 0.25) is 0 Å². The Morgan fingerprint density at radius 2 is 1.88 bits per heavy atom. The largest absolute Gasteiger partial charge is 0.309 e. The van der Waals surface area contributed by atoms with Crippen molar-refractivity contribution in [1.29, 1.82) is 0 Å². The van der Waals surface area contributed by atoms with E-state index in [-0.39, 0.29) is 0 Å². The zero-order valence-electron chi connectivity index (χ0n) is 10.2. The summed E-state index contributed by atoms with van der Waals surface area (Å²) in [5, 5.41) is 3.58. The van der Waals surface area contributed by atoms with E-state index in [0.29, 0.717) is 6.04 Å². The van der Waals surface area contributed by atoms with E-state index < -0.39 is 0 Å². The van der Waals surface area contributed by atoms with Gasteiger partial charge in [0.1, 0.15) is 0 Å². The molecule has 0 aliphatic carbocycles. The molecular weight excluding hydrogens is 196 g/mol. The van der Waals surface area contributed by atoms with Crippen LogP contribution in [0.15, 0.2) is 30.3 Å². The fraction of sp³-hybridized carbons (Fsp3) is 0.571. The maximum atomic E-state index is 3.58. The Balaban J connectivity index is 1.99. The summed E-state index contributed by atoms with van der Waals surface area (Å²) in [7, 11) is 0. The van der Waals surface area contributed by atoms with Crippen LogP contribution >= 0.6 is 0 Å². The normalized spacial score (nSPS) is 18.8. The summed E-state index contributed by atoms with van der Waals surface area (Å²) in [6.07, 6.45) is 2.74. The van der Waals surface area contributed by atoms with E-state index >= 15 is 0 Å². The molecule has 0 aromatic heterocycles. The molecule has 0 bridgehead atoms. The number of likely N-dealkylation sites (N-methyl/N-ethyl adjacent to an activating group) is 1. The van der Waals surface area contributed by atoms with Crippen molar-refractivity contribution in [3.63, 3.8) is 0 Å². The van der Waals surface area contributed by atoms with Crippen LogP contribution in [0, 0.1) is 0 Å². The van der Waals surface area contributed by atoms with Gasteiger partial charge in [0.15, 0.2) is 0 Å². The predicted octanol–water partition coefficient (Wildman–Crippen LogP) is 2.43. The van der Waals surface area contributed by atoms with E-state index in [1.807, 2.05) is 0 Å². The van der Waals surface area contributed by atoms with E-state index in [4.69, 9.17) is 0 Å². The second kappa shape index (κ2) is 6.02. The molecule has 0 spiro atoms. The average Bonchev–Trinajstić information content (AvgIpc) is 2.83. The number of likely N-dealkylation sites (tertiary alicyclic amines) is 1. The van der Waals surface area contributed by atoms with Crippen molar-refractivity contribution in [3.8, 4) is 0 Å². The highest BCUT2D eigenvalue weighted by molar-refractivity contribution is 5.19. The van der Waals surface area contributed by atoms with Crippen molar-refractivity contribution in [2.45, 2.75) is 25.8 Å². The van der Waals surface area contributed by atoms with E-state index in [1.165, 1.54) is 31.5 Å². The highest BCUT2D eigenvalue weighted by Gasteiger charge is 2.17. The molecule has 2 rings (SSSR count). The second-order valence-corrected chi connectivity index (χ2v) is 4.53. The molecule has 1 aliphatic heterocycles. The van der Waals surface area contributed by atoms with Crippen molar-refractivity contribution in [2.75, 3.05) is 26.2 Å². The minimum absolute atomic E-state index is 0.490. The Morgan fingerprint density at radius 1 is 1.19 bits per heavy atom. The van der Waals surface area contributed by atoms with Gasteiger partial charge in [-0.1, -0.05) is 37.3 Å². The van der Waals surface area contributed by atoms with Crippen LogP contribution in [-0.4, -0.2) is 31.1 Å². The van der Waals surface area contributed by atoms with Crippen LogP contribution in [0.4, 0.5) is 0 Å². The lowest BCUT2D eigenvalue weighted by molar-refractivity contribution is 0.294. The molecule has 2 heteroatoms. The zero-order chi connectivity index (χ0) is 11.2. The molecule has 1 aromatic carbocycles. The minimum Gasteiger partial charge on any atom is -0.309 e. The van der Waals surface area contributed by atoms with Gasteiger partial charge in [0.05, 0.1) is 0 Å². The Hall–Kier alpha value is -0.860. The maximum Gasteiger partial charge on any atom is 0.0449 e. The number of nitrogens with one attached hydrogen (secondary N) is 1. The van der Waals surface area contributed by atoms with Crippen LogP contribution in [0.2, 0.25) is 0 Å². The van der Waals surface area contributed by atoms with Crippen LogP contribution in [0.25, 0.3) is 0 Å². The number of benzene rings is 1. The summed E-state index contributed by atoms with van der Waals surface area (Å²) in [5.41, 5.74) is 1.41. The molecule has 0 radical (unpaired) electrons. The lowest BCUT2D eigenvalue weighted by atomic mass is 10.1. The quantitative estimate of drug-likeness (QED) is 0.816. The SMILES string of the molecule is CCNC(CN1CCCC1)c1ccccc1. The average molecular weight is 218 g/mol. The molecule has 2 nitrogen and oxygen atoms in total. The topological polar surface area (TPSA) is 15.3 Å². The van der Waals surface area contributed by atoms with Crippen LogP contribution in [0.5, 0.6) is 0 Å². The monoisotopic (exact) mass is 218 g/mol. The van der Waals surface area contributed by atoms with E-state index in [1.54, 1.807) is 0 Å². The first kappa shape index (κ1) is 11.6. The standard InChI is InChI=1S/C14H22N2/c1-2-15-14(12-16-10-6-7-11-16)13-8-4-3-5-9-13/h3-5,8-9,14-15H,2,6-7,10-12H2,1H3. The van der Waals surface area contributed by atoms with Crippen molar-refractivity contribution >= 4 is 0 Å². The Kier molecular flexibility index (Phi) is 4.37. The summed E-state index contributed by atoms with van der Waals surface area (Å²) in [4.78, 5) is 2.57. The van der Waals surface area contributed by atoms with Crippen LogP contribution in [0.3, 0.4) is 0 Å². The Bertz CT molecular complexity index is 291. The summed E-state index contributed by atoms with van der Waals surface area (Å²) in [6, 6.07) is 11.3. The highest BCUT2D eigenvalue weighted by Crippen LogP contribution is 2.17. The van der Waals surface area contributed by atoms with Gasteiger partial charge in [0, 0.05) is 12.6 Å². The van der Waals surface area contributed by atoms with Gasteiger partial charge in [-0.25, -0.2) is 0 Å². The molecule has 1 saturated heterocycles. The van der Waals surface area contributed by atoms with Gasteiger partial charge in [-0.15, -0.1) is 0 Å². The molecule has 1 aliphatic rings. The first-order valence-electron chi connectivity index (χ1n) is 6.41. The predicted molar refractivity (Wildman–Crippen MR) is 68.5 cm³/mol. The molecule has 1 aromatic rings. The lowest BCUT2D eigenvalue weighted by Gasteiger charge is -2.24. The Morgan fingerprint density at radius 3 is 2.50 bits per heavy atom. The van der Waals surface area contributed by atoms with Crippen molar-refractivity contribution < 1.29 is 0 Å². The molecular formula is C14H22N2. The summed E-state index contributed by atoms with van der Waals surface area (Å²) >= 11 is 0. The highest BCUT2D eigenvalue weighted by atomic mass is 15.2. The zero-order valence-corrected chi connectivity index (χ0v) is 10.2. The second-order valence-electron chi connectivity index (χ2n) is 4.53. The number of rotatable bonds is 5. The molecule has 1 fully saturated rings. The Labute approximate surface area is 98.7 Å². The molecule has 88 valence electrons. The van der Waals surface area contributed by atoms with Gasteiger partial charge < -0.3 is 10.2 Å². The summed E-state index contributed by atoms with van der Waals surface area (Å²) in [5.74, 6) is 0. The molecule has 1 atom stereocenters. The fourth-order valence-corrected chi connectivity index (χ4v) is 2.44. The first-order chi connectivity index (χ1) is 7.90. The van der Waals surface area contributed by atoms with E-state index in [2.05, 4.69) is 47.5 Å². The van der Waals surface area contributed by atoms with E-state index in [9.17, 15) is 0 Å². The molecule has 16 heavy (non-hydrogen) atoms. The maximum absolute atomic E-state index is 3.58.